The van der Waals surface area contributed by atoms with E-state index in [2.05, 4.69) is 4.98 Å². The highest BCUT2D eigenvalue weighted by Gasteiger charge is 2.21. The standard InChI is InChI=1S/C11H19N3OS/c1-7(2)10(12)11(15)14(4)5-9-6-16-8(3)13-9/h6-7,10H,5,12H2,1-4H3/t10-/m0/s1. The summed E-state index contributed by atoms with van der Waals surface area (Å²) in [4.78, 5) is 17.8. The van der Waals surface area contributed by atoms with Crippen LogP contribution in [0.15, 0.2) is 5.38 Å². The van der Waals surface area contributed by atoms with Crippen LogP contribution in [0.2, 0.25) is 0 Å². The summed E-state index contributed by atoms with van der Waals surface area (Å²) in [6.45, 7) is 6.38. The van der Waals surface area contributed by atoms with E-state index < -0.39 is 6.04 Å². The van der Waals surface area contributed by atoms with E-state index >= 15 is 0 Å². The molecule has 2 N–H and O–H groups in total. The number of thiazole rings is 1. The van der Waals surface area contributed by atoms with Crippen LogP contribution >= 0.6 is 11.3 Å². The molecule has 5 heteroatoms. The number of hydrogen-bond acceptors (Lipinski definition) is 4. The van der Waals surface area contributed by atoms with Crippen LogP contribution < -0.4 is 5.73 Å². The van der Waals surface area contributed by atoms with E-state index in [1.54, 1.807) is 23.3 Å². The SMILES string of the molecule is Cc1nc(CN(C)C(=O)[C@@H](N)C(C)C)cs1. The smallest absolute Gasteiger partial charge is 0.239 e. The van der Waals surface area contributed by atoms with Gasteiger partial charge in [0.1, 0.15) is 0 Å². The number of nitrogens with two attached hydrogens (primary N) is 1. The van der Waals surface area contributed by atoms with Gasteiger partial charge in [-0.1, -0.05) is 13.8 Å². The first-order valence-electron chi connectivity index (χ1n) is 5.33. The Morgan fingerprint density at radius 1 is 1.62 bits per heavy atom. The van der Waals surface area contributed by atoms with Gasteiger partial charge in [0.2, 0.25) is 5.91 Å². The van der Waals surface area contributed by atoms with Crippen molar-refractivity contribution in [2.45, 2.75) is 33.4 Å². The molecule has 0 saturated carbocycles. The number of aromatic nitrogens is 1. The number of rotatable bonds is 4. The van der Waals surface area contributed by atoms with E-state index in [9.17, 15) is 4.79 Å². The molecule has 4 nitrogen and oxygen atoms in total. The molecule has 90 valence electrons. The molecule has 0 bridgehead atoms. The van der Waals surface area contributed by atoms with Crippen LogP contribution in [0.25, 0.3) is 0 Å². The van der Waals surface area contributed by atoms with Gasteiger partial charge < -0.3 is 10.6 Å². The van der Waals surface area contributed by atoms with Gasteiger partial charge in [-0.05, 0) is 12.8 Å². The predicted molar refractivity (Wildman–Crippen MR) is 66.1 cm³/mol. The molecule has 0 unspecified atom stereocenters. The summed E-state index contributed by atoms with van der Waals surface area (Å²) < 4.78 is 0. The predicted octanol–water partition coefficient (Wildman–Crippen LogP) is 1.39. The number of nitrogens with zero attached hydrogens (tertiary/aromatic N) is 2. The van der Waals surface area contributed by atoms with E-state index in [-0.39, 0.29) is 11.8 Å². The fourth-order valence-electron chi connectivity index (χ4n) is 1.34. The second-order valence-electron chi connectivity index (χ2n) is 4.32. The van der Waals surface area contributed by atoms with Gasteiger partial charge in [0, 0.05) is 12.4 Å². The first-order chi connectivity index (χ1) is 7.41. The number of amides is 1. The second kappa shape index (κ2) is 5.41. The van der Waals surface area contributed by atoms with Crippen molar-refractivity contribution in [3.63, 3.8) is 0 Å². The summed E-state index contributed by atoms with van der Waals surface area (Å²) in [6.07, 6.45) is 0. The Morgan fingerprint density at radius 3 is 2.69 bits per heavy atom. The first kappa shape index (κ1) is 13.1. The van der Waals surface area contributed by atoms with E-state index in [1.165, 1.54) is 0 Å². The Kier molecular flexibility index (Phi) is 4.44. The highest BCUT2D eigenvalue weighted by atomic mass is 32.1. The van der Waals surface area contributed by atoms with Crippen molar-refractivity contribution in [3.8, 4) is 0 Å². The Hall–Kier alpha value is -0.940. The van der Waals surface area contributed by atoms with Gasteiger partial charge in [-0.15, -0.1) is 11.3 Å². The topological polar surface area (TPSA) is 59.2 Å². The second-order valence-corrected chi connectivity index (χ2v) is 5.38. The molecule has 1 amide bonds. The zero-order valence-corrected chi connectivity index (χ0v) is 11.0. The van der Waals surface area contributed by atoms with Gasteiger partial charge >= 0.3 is 0 Å². The third kappa shape index (κ3) is 3.28. The third-order valence-electron chi connectivity index (χ3n) is 2.45. The van der Waals surface area contributed by atoms with Gasteiger partial charge in [0.15, 0.2) is 0 Å². The lowest BCUT2D eigenvalue weighted by atomic mass is 10.0. The number of aryl methyl sites for hydroxylation is 1. The summed E-state index contributed by atoms with van der Waals surface area (Å²) in [6, 6.07) is -0.426. The van der Waals surface area contributed by atoms with Gasteiger partial charge in [0.05, 0.1) is 23.3 Å². The molecule has 1 atom stereocenters. The van der Waals surface area contributed by atoms with E-state index in [0.717, 1.165) is 10.7 Å². The number of likely N-dealkylation sites (N-methyl/N-ethyl adjacent to an activating group) is 1. The maximum atomic E-state index is 11.9. The highest BCUT2D eigenvalue weighted by Crippen LogP contribution is 2.11. The van der Waals surface area contributed by atoms with Crippen LogP contribution in [-0.2, 0) is 11.3 Å². The van der Waals surface area contributed by atoms with Crippen LogP contribution in [0.1, 0.15) is 24.5 Å². The summed E-state index contributed by atoms with van der Waals surface area (Å²) >= 11 is 1.59. The fraction of sp³-hybridized carbons (Fsp3) is 0.636. The van der Waals surface area contributed by atoms with Gasteiger partial charge in [-0.25, -0.2) is 4.98 Å². The molecule has 0 aliphatic rings. The summed E-state index contributed by atoms with van der Waals surface area (Å²) in [5.74, 6) is 0.132. The molecule has 16 heavy (non-hydrogen) atoms. The van der Waals surface area contributed by atoms with Crippen molar-refractivity contribution in [2.24, 2.45) is 11.7 Å². The molecule has 1 heterocycles. The van der Waals surface area contributed by atoms with E-state index in [0.29, 0.717) is 6.54 Å². The molecule has 1 rings (SSSR count). The summed E-state index contributed by atoms with van der Waals surface area (Å²) in [5, 5.41) is 2.99. The Morgan fingerprint density at radius 2 is 2.25 bits per heavy atom. The minimum Gasteiger partial charge on any atom is -0.338 e. The molecule has 0 saturated heterocycles. The molecule has 1 aromatic heterocycles. The Balaban J connectivity index is 2.58. The van der Waals surface area contributed by atoms with E-state index in [4.69, 9.17) is 5.73 Å². The van der Waals surface area contributed by atoms with Crippen LogP contribution in [0, 0.1) is 12.8 Å². The van der Waals surface area contributed by atoms with Gasteiger partial charge in [-0.3, -0.25) is 4.79 Å². The van der Waals surface area contributed by atoms with Crippen molar-refractivity contribution in [1.82, 2.24) is 9.88 Å². The van der Waals surface area contributed by atoms with Crippen molar-refractivity contribution >= 4 is 17.2 Å². The Labute approximate surface area is 100 Å². The quantitative estimate of drug-likeness (QED) is 0.866. The summed E-state index contributed by atoms with van der Waals surface area (Å²) in [5.41, 5.74) is 6.74. The van der Waals surface area contributed by atoms with Crippen molar-refractivity contribution in [1.29, 1.82) is 0 Å². The summed E-state index contributed by atoms with van der Waals surface area (Å²) in [7, 11) is 1.76. The van der Waals surface area contributed by atoms with Crippen molar-refractivity contribution in [2.75, 3.05) is 7.05 Å². The zero-order chi connectivity index (χ0) is 12.3. The van der Waals surface area contributed by atoms with Crippen molar-refractivity contribution in [3.05, 3.63) is 16.1 Å². The third-order valence-corrected chi connectivity index (χ3v) is 3.27. The maximum Gasteiger partial charge on any atom is 0.239 e. The normalized spacial score (nSPS) is 12.9. The number of carbonyl (C=O) groups is 1. The van der Waals surface area contributed by atoms with Crippen LogP contribution in [0.5, 0.6) is 0 Å². The lowest BCUT2D eigenvalue weighted by Gasteiger charge is -2.22. The van der Waals surface area contributed by atoms with Crippen LogP contribution in [0.3, 0.4) is 0 Å². The van der Waals surface area contributed by atoms with Crippen LogP contribution in [-0.4, -0.2) is 28.9 Å². The molecule has 0 radical (unpaired) electrons. The largest absolute Gasteiger partial charge is 0.338 e. The minimum absolute atomic E-state index is 0.0272. The van der Waals surface area contributed by atoms with Crippen molar-refractivity contribution < 1.29 is 4.79 Å². The molecule has 0 aliphatic heterocycles. The molecule has 0 aromatic carbocycles. The molecule has 0 fully saturated rings. The van der Waals surface area contributed by atoms with E-state index in [1.807, 2.05) is 26.2 Å². The lowest BCUT2D eigenvalue weighted by Crippen LogP contribution is -2.44. The first-order valence-corrected chi connectivity index (χ1v) is 6.21. The number of hydrogen-bond donors (Lipinski definition) is 1. The van der Waals surface area contributed by atoms with Gasteiger partial charge in [-0.2, -0.15) is 0 Å². The average Bonchev–Trinajstić information content (AvgIpc) is 2.61. The zero-order valence-electron chi connectivity index (χ0n) is 10.2. The highest BCUT2D eigenvalue weighted by molar-refractivity contribution is 7.09. The van der Waals surface area contributed by atoms with Gasteiger partial charge in [0.25, 0.3) is 0 Å². The fourth-order valence-corrected chi connectivity index (χ4v) is 1.95. The molecule has 0 aliphatic carbocycles. The monoisotopic (exact) mass is 241 g/mol. The Bertz CT molecular complexity index is 362. The number of carbonyl (C=O) groups excluding carboxylic acids is 1. The average molecular weight is 241 g/mol. The molecule has 0 spiro atoms. The molecule has 1 aromatic rings. The molecular weight excluding hydrogens is 222 g/mol. The minimum atomic E-state index is -0.426. The maximum absolute atomic E-state index is 11.9. The van der Waals surface area contributed by atoms with Crippen LogP contribution in [0.4, 0.5) is 0 Å². The lowest BCUT2D eigenvalue weighted by molar-refractivity contribution is -0.132. The molecular formula is C11H19N3OS.